The SMILES string of the molecule is CCCCCCCCC(=O)OC[C@H](O)CC[C@H](O)COC(=O)CCCCCCCC. The van der Waals surface area contributed by atoms with E-state index in [-0.39, 0.29) is 25.2 Å². The van der Waals surface area contributed by atoms with Crippen LogP contribution in [0, 0.1) is 0 Å². The van der Waals surface area contributed by atoms with E-state index in [0.29, 0.717) is 25.7 Å². The molecular formula is C24H46O6. The van der Waals surface area contributed by atoms with Gasteiger partial charge in [-0.25, -0.2) is 0 Å². The number of ether oxygens (including phenoxy) is 2. The average molecular weight is 431 g/mol. The first-order valence-corrected chi connectivity index (χ1v) is 12.2. The largest absolute Gasteiger partial charge is 0.463 e. The van der Waals surface area contributed by atoms with Crippen molar-refractivity contribution in [2.75, 3.05) is 13.2 Å². The van der Waals surface area contributed by atoms with Gasteiger partial charge in [-0.3, -0.25) is 9.59 Å². The Kier molecular flexibility index (Phi) is 20.3. The highest BCUT2D eigenvalue weighted by molar-refractivity contribution is 5.69. The molecule has 0 radical (unpaired) electrons. The van der Waals surface area contributed by atoms with E-state index in [4.69, 9.17) is 9.47 Å². The second kappa shape index (κ2) is 21.1. The van der Waals surface area contributed by atoms with E-state index in [0.717, 1.165) is 38.5 Å². The minimum Gasteiger partial charge on any atom is -0.463 e. The van der Waals surface area contributed by atoms with Crippen molar-refractivity contribution < 1.29 is 29.3 Å². The smallest absolute Gasteiger partial charge is 0.305 e. The molecule has 0 spiro atoms. The van der Waals surface area contributed by atoms with Crippen LogP contribution < -0.4 is 0 Å². The number of esters is 2. The van der Waals surface area contributed by atoms with Crippen molar-refractivity contribution in [3.63, 3.8) is 0 Å². The highest BCUT2D eigenvalue weighted by atomic mass is 16.5. The quantitative estimate of drug-likeness (QED) is 0.195. The summed E-state index contributed by atoms with van der Waals surface area (Å²) in [4.78, 5) is 23.3. The fourth-order valence-corrected chi connectivity index (χ4v) is 3.17. The first kappa shape index (κ1) is 28.9. The molecule has 0 fully saturated rings. The van der Waals surface area contributed by atoms with Gasteiger partial charge in [0, 0.05) is 12.8 Å². The lowest BCUT2D eigenvalue weighted by molar-refractivity contribution is -0.148. The summed E-state index contributed by atoms with van der Waals surface area (Å²) in [5, 5.41) is 19.8. The molecule has 0 unspecified atom stereocenters. The fourth-order valence-electron chi connectivity index (χ4n) is 3.17. The summed E-state index contributed by atoms with van der Waals surface area (Å²) >= 11 is 0. The predicted octanol–water partition coefficient (Wildman–Crippen LogP) is 5.08. The first-order valence-electron chi connectivity index (χ1n) is 12.2. The molecule has 0 bridgehead atoms. The minimum absolute atomic E-state index is 0.0563. The standard InChI is InChI=1S/C24H46O6/c1-3-5-7-9-11-13-15-23(27)29-19-21(25)17-18-22(26)20-30-24(28)16-14-12-10-8-6-4-2/h21-22,25-26H,3-20H2,1-2H3/t21-,22+. The van der Waals surface area contributed by atoms with E-state index in [1.165, 1.54) is 38.5 Å². The Labute approximate surface area is 183 Å². The lowest BCUT2D eigenvalue weighted by atomic mass is 10.1. The maximum absolute atomic E-state index is 11.7. The van der Waals surface area contributed by atoms with Crippen molar-refractivity contribution >= 4 is 11.9 Å². The van der Waals surface area contributed by atoms with Crippen LogP contribution in [0.1, 0.15) is 117 Å². The maximum Gasteiger partial charge on any atom is 0.305 e. The van der Waals surface area contributed by atoms with Gasteiger partial charge in [0.05, 0.1) is 12.2 Å². The van der Waals surface area contributed by atoms with Gasteiger partial charge in [0.1, 0.15) is 13.2 Å². The molecule has 0 heterocycles. The topological polar surface area (TPSA) is 93.1 Å². The first-order chi connectivity index (χ1) is 14.5. The summed E-state index contributed by atoms with van der Waals surface area (Å²) in [6.07, 6.45) is 13.0. The van der Waals surface area contributed by atoms with Gasteiger partial charge in [0.2, 0.25) is 0 Å². The van der Waals surface area contributed by atoms with Gasteiger partial charge in [0.15, 0.2) is 0 Å². The Morgan fingerprint density at radius 2 is 0.933 bits per heavy atom. The number of unbranched alkanes of at least 4 members (excludes halogenated alkanes) is 10. The Balaban J connectivity index is 3.60. The molecule has 0 saturated heterocycles. The average Bonchev–Trinajstić information content (AvgIpc) is 2.74. The van der Waals surface area contributed by atoms with E-state index in [9.17, 15) is 19.8 Å². The molecule has 0 aliphatic heterocycles. The molecule has 0 rings (SSSR count). The molecule has 6 nitrogen and oxygen atoms in total. The zero-order chi connectivity index (χ0) is 22.5. The number of carbonyl (C=O) groups is 2. The van der Waals surface area contributed by atoms with Crippen LogP contribution in [0.4, 0.5) is 0 Å². The van der Waals surface area contributed by atoms with Crippen molar-refractivity contribution in [2.45, 2.75) is 129 Å². The van der Waals surface area contributed by atoms with Crippen LogP contribution in [-0.2, 0) is 19.1 Å². The lowest BCUT2D eigenvalue weighted by Crippen LogP contribution is -2.23. The number of aliphatic hydroxyl groups is 2. The molecule has 2 atom stereocenters. The Morgan fingerprint density at radius 1 is 0.600 bits per heavy atom. The van der Waals surface area contributed by atoms with Crippen LogP contribution in [0.3, 0.4) is 0 Å². The van der Waals surface area contributed by atoms with E-state index >= 15 is 0 Å². The van der Waals surface area contributed by atoms with Crippen LogP contribution in [-0.4, -0.2) is 47.6 Å². The Bertz CT molecular complexity index is 375. The lowest BCUT2D eigenvalue weighted by Gasteiger charge is -2.15. The molecule has 30 heavy (non-hydrogen) atoms. The van der Waals surface area contributed by atoms with Gasteiger partial charge in [-0.15, -0.1) is 0 Å². The zero-order valence-corrected chi connectivity index (χ0v) is 19.4. The second-order valence-corrected chi connectivity index (χ2v) is 8.29. The number of hydrogen-bond acceptors (Lipinski definition) is 6. The minimum atomic E-state index is -0.813. The van der Waals surface area contributed by atoms with Crippen molar-refractivity contribution in [1.29, 1.82) is 0 Å². The van der Waals surface area contributed by atoms with Gasteiger partial charge in [-0.2, -0.15) is 0 Å². The van der Waals surface area contributed by atoms with Crippen molar-refractivity contribution in [2.24, 2.45) is 0 Å². The third-order valence-electron chi connectivity index (χ3n) is 5.18. The van der Waals surface area contributed by atoms with Crippen molar-refractivity contribution in [3.05, 3.63) is 0 Å². The molecule has 0 aliphatic carbocycles. The van der Waals surface area contributed by atoms with Crippen molar-refractivity contribution in [1.82, 2.24) is 0 Å². The number of aliphatic hydroxyl groups excluding tert-OH is 2. The van der Waals surface area contributed by atoms with Crippen LogP contribution in [0.25, 0.3) is 0 Å². The molecule has 0 aromatic rings. The third kappa shape index (κ3) is 20.1. The summed E-state index contributed by atoms with van der Waals surface area (Å²) in [5.41, 5.74) is 0. The fraction of sp³-hybridized carbons (Fsp3) is 0.917. The molecule has 0 amide bonds. The summed E-state index contributed by atoms with van der Waals surface area (Å²) < 4.78 is 10.2. The van der Waals surface area contributed by atoms with Crippen LogP contribution in [0.5, 0.6) is 0 Å². The number of rotatable bonds is 21. The number of hydrogen-bond donors (Lipinski definition) is 2. The zero-order valence-electron chi connectivity index (χ0n) is 19.4. The molecule has 0 aromatic carbocycles. The monoisotopic (exact) mass is 430 g/mol. The van der Waals surface area contributed by atoms with E-state index in [1.807, 2.05) is 0 Å². The molecule has 6 heteroatoms. The van der Waals surface area contributed by atoms with Crippen LogP contribution >= 0.6 is 0 Å². The third-order valence-corrected chi connectivity index (χ3v) is 5.18. The molecule has 0 saturated carbocycles. The van der Waals surface area contributed by atoms with Crippen LogP contribution in [0.2, 0.25) is 0 Å². The Hall–Kier alpha value is -1.14. The summed E-state index contributed by atoms with van der Waals surface area (Å²) in [5.74, 6) is -0.567. The predicted molar refractivity (Wildman–Crippen MR) is 119 cm³/mol. The van der Waals surface area contributed by atoms with Crippen molar-refractivity contribution in [3.8, 4) is 0 Å². The Morgan fingerprint density at radius 3 is 1.30 bits per heavy atom. The molecule has 178 valence electrons. The van der Waals surface area contributed by atoms with E-state index in [1.54, 1.807) is 0 Å². The summed E-state index contributed by atoms with van der Waals surface area (Å²) in [6.45, 7) is 4.23. The van der Waals surface area contributed by atoms with Gasteiger partial charge in [0.25, 0.3) is 0 Å². The maximum atomic E-state index is 11.7. The van der Waals surface area contributed by atoms with Gasteiger partial charge in [-0.05, 0) is 25.7 Å². The van der Waals surface area contributed by atoms with Gasteiger partial charge in [-0.1, -0.05) is 78.1 Å². The molecular weight excluding hydrogens is 384 g/mol. The molecule has 2 N–H and O–H groups in total. The highest BCUT2D eigenvalue weighted by Gasteiger charge is 2.14. The summed E-state index contributed by atoms with van der Waals surface area (Å²) in [7, 11) is 0. The second-order valence-electron chi connectivity index (χ2n) is 8.29. The summed E-state index contributed by atoms with van der Waals surface area (Å²) in [6, 6.07) is 0. The molecule has 0 aliphatic rings. The van der Waals surface area contributed by atoms with Gasteiger partial charge < -0.3 is 19.7 Å². The normalized spacial score (nSPS) is 13.1. The van der Waals surface area contributed by atoms with E-state index in [2.05, 4.69) is 13.8 Å². The molecule has 0 aromatic heterocycles. The van der Waals surface area contributed by atoms with E-state index < -0.39 is 12.2 Å². The highest BCUT2D eigenvalue weighted by Crippen LogP contribution is 2.10. The van der Waals surface area contributed by atoms with Crippen LogP contribution in [0.15, 0.2) is 0 Å². The number of carbonyl (C=O) groups excluding carboxylic acids is 2. The van der Waals surface area contributed by atoms with Gasteiger partial charge >= 0.3 is 11.9 Å².